The highest BCUT2D eigenvalue weighted by Gasteiger charge is 2.42. The minimum Gasteiger partial charge on any atom is -0.506 e. The van der Waals surface area contributed by atoms with Gasteiger partial charge in [0.15, 0.2) is 5.78 Å². The average Bonchev–Trinajstić information content (AvgIpc) is 3.36. The molecule has 1 amide bonds. The largest absolute Gasteiger partial charge is 0.506 e. The first-order valence-electron chi connectivity index (χ1n) is 23.1. The van der Waals surface area contributed by atoms with Crippen LogP contribution in [0.5, 0.6) is 5.75 Å². The number of aliphatic hydroxyl groups is 2. The highest BCUT2D eigenvalue weighted by atomic mass is 16.5. The number of phenolic OH excluding ortho intramolecular Hbond substituents is 1. The van der Waals surface area contributed by atoms with Crippen molar-refractivity contribution in [2.24, 2.45) is 11.8 Å². The number of nitrogens with one attached hydrogen (secondary N) is 2. The van der Waals surface area contributed by atoms with Crippen molar-refractivity contribution in [3.05, 3.63) is 189 Å². The maximum absolute atomic E-state index is 14.0. The van der Waals surface area contributed by atoms with Gasteiger partial charge in [-0.3, -0.25) is 19.3 Å². The predicted molar refractivity (Wildman–Crippen MR) is 258 cm³/mol. The summed E-state index contributed by atoms with van der Waals surface area (Å²) in [4.78, 5) is 59.5. The number of piperidine rings is 1. The Morgan fingerprint density at radius 2 is 1.55 bits per heavy atom. The maximum atomic E-state index is 14.0. The lowest BCUT2D eigenvalue weighted by molar-refractivity contribution is -0.164. The Kier molecular flexibility index (Phi) is 14.9. The summed E-state index contributed by atoms with van der Waals surface area (Å²) in [6, 6.07) is 39.9. The van der Waals surface area contributed by atoms with E-state index in [0.717, 1.165) is 49.2 Å². The fraction of sp³-hybridized carbons (Fsp3) is 0.309. The molecule has 6 aromatic rings. The molecule has 2 aliphatic rings. The Bertz CT molecular complexity index is 2770. The molecule has 1 aromatic heterocycles. The van der Waals surface area contributed by atoms with Gasteiger partial charge in [-0.2, -0.15) is 0 Å². The molecule has 12 nitrogen and oxygen atoms in total. The molecule has 3 heterocycles. The zero-order valence-corrected chi connectivity index (χ0v) is 37.8. The molecule has 0 spiro atoms. The van der Waals surface area contributed by atoms with E-state index in [1.807, 2.05) is 48.5 Å². The number of phenols is 1. The third kappa shape index (κ3) is 11.1. The van der Waals surface area contributed by atoms with Crippen molar-refractivity contribution in [3.8, 4) is 5.75 Å². The number of likely N-dealkylation sites (tertiary alicyclic amines) is 1. The first kappa shape index (κ1) is 46.8. The van der Waals surface area contributed by atoms with E-state index in [1.54, 1.807) is 66.4 Å². The molecule has 0 radical (unpaired) electrons. The molecule has 12 heteroatoms. The number of aromatic amines is 1. The van der Waals surface area contributed by atoms with Gasteiger partial charge in [-0.25, -0.2) is 4.79 Å². The third-order valence-electron chi connectivity index (χ3n) is 13.2. The van der Waals surface area contributed by atoms with Gasteiger partial charge in [0, 0.05) is 67.6 Å². The van der Waals surface area contributed by atoms with Crippen molar-refractivity contribution < 1.29 is 34.4 Å². The fourth-order valence-corrected chi connectivity index (χ4v) is 9.22. The smallest absolute Gasteiger partial charge is 0.347 e. The number of benzene rings is 5. The van der Waals surface area contributed by atoms with Crippen LogP contribution in [-0.2, 0) is 33.0 Å². The van der Waals surface area contributed by atoms with Crippen LogP contribution in [0.4, 0.5) is 0 Å². The zero-order chi connectivity index (χ0) is 46.9. The Hall–Kier alpha value is -6.70. The van der Waals surface area contributed by atoms with Crippen LogP contribution in [0.3, 0.4) is 0 Å². The Morgan fingerprint density at radius 3 is 2.27 bits per heavy atom. The molecule has 5 aromatic carbocycles. The summed E-state index contributed by atoms with van der Waals surface area (Å²) in [7, 11) is 0. The summed E-state index contributed by atoms with van der Waals surface area (Å²) < 4.78 is 5.95. The van der Waals surface area contributed by atoms with Gasteiger partial charge >= 0.3 is 5.97 Å². The molecular formula is C55H58N4O8. The summed E-state index contributed by atoms with van der Waals surface area (Å²) in [5.74, 6) is -1.34. The molecule has 3 atom stereocenters. The van der Waals surface area contributed by atoms with Crippen LogP contribution in [0.25, 0.3) is 16.5 Å². The van der Waals surface area contributed by atoms with Crippen LogP contribution in [0.1, 0.15) is 82.4 Å². The number of H-pyrrole nitrogens is 1. The molecular weight excluding hydrogens is 845 g/mol. The summed E-state index contributed by atoms with van der Waals surface area (Å²) in [6.07, 6.45) is 3.53. The number of rotatable bonds is 17. The van der Waals surface area contributed by atoms with Crippen LogP contribution < -0.4 is 10.9 Å². The lowest BCUT2D eigenvalue weighted by atomic mass is 9.84. The molecule has 8 rings (SSSR count). The number of ether oxygens (including phenoxy) is 1. The van der Waals surface area contributed by atoms with Gasteiger partial charge in [0.1, 0.15) is 5.75 Å². The lowest BCUT2D eigenvalue weighted by Gasteiger charge is -2.33. The van der Waals surface area contributed by atoms with Crippen LogP contribution in [0.15, 0.2) is 144 Å². The van der Waals surface area contributed by atoms with Gasteiger partial charge in [-0.05, 0) is 89.9 Å². The molecule has 346 valence electrons. The van der Waals surface area contributed by atoms with Crippen LogP contribution >= 0.6 is 0 Å². The number of hydrogen-bond acceptors (Lipinski definition) is 10. The van der Waals surface area contributed by atoms with Gasteiger partial charge in [-0.15, -0.1) is 0 Å². The van der Waals surface area contributed by atoms with Crippen molar-refractivity contribution in [3.63, 3.8) is 0 Å². The maximum Gasteiger partial charge on any atom is 0.347 e. The summed E-state index contributed by atoms with van der Waals surface area (Å²) in [5, 5.41) is 37.2. The number of pyridine rings is 1. The monoisotopic (exact) mass is 902 g/mol. The number of aromatic nitrogens is 1. The van der Waals surface area contributed by atoms with E-state index in [1.165, 1.54) is 17.7 Å². The number of aliphatic hydroxyl groups excluding tert-OH is 1. The second-order valence-electron chi connectivity index (χ2n) is 17.9. The molecule has 1 fully saturated rings. The summed E-state index contributed by atoms with van der Waals surface area (Å²) in [6.45, 7) is 6.20. The average molecular weight is 903 g/mol. The first-order valence-corrected chi connectivity index (χ1v) is 23.1. The van der Waals surface area contributed by atoms with Crippen molar-refractivity contribution in [2.45, 2.75) is 57.4 Å². The van der Waals surface area contributed by atoms with E-state index in [2.05, 4.69) is 39.5 Å². The Morgan fingerprint density at radius 1 is 0.836 bits per heavy atom. The molecule has 0 saturated carbocycles. The van der Waals surface area contributed by atoms with E-state index in [0.29, 0.717) is 53.7 Å². The SMILES string of the molecule is C[C@H](CC(=O)c1ccc(CNC[C@H](O)c2ccc(O)c3[nH]c(=O)ccc23)cc1)C(=O)N1CC=C(c2cccc([C@](O)(C(=O)OCC3CCN(Cc4ccccc4)CC3)c3ccccc3)c2)CC1. The molecule has 5 N–H and O–H groups in total. The van der Waals surface area contributed by atoms with E-state index < -0.39 is 23.6 Å². The fourth-order valence-electron chi connectivity index (χ4n) is 9.22. The number of ketones is 1. The second kappa shape index (κ2) is 21.3. The molecule has 2 aliphatic heterocycles. The number of hydrogen-bond donors (Lipinski definition) is 5. The molecule has 67 heavy (non-hydrogen) atoms. The van der Waals surface area contributed by atoms with E-state index in [-0.39, 0.29) is 54.0 Å². The number of nitrogens with zero attached hydrogens (tertiary/aromatic N) is 2. The quantitative estimate of drug-likeness (QED) is 0.0463. The van der Waals surface area contributed by atoms with Crippen molar-refractivity contribution >= 4 is 34.1 Å². The second-order valence-corrected chi connectivity index (χ2v) is 17.9. The summed E-state index contributed by atoms with van der Waals surface area (Å²) >= 11 is 0. The highest BCUT2D eigenvalue weighted by Crippen LogP contribution is 2.35. The van der Waals surface area contributed by atoms with Crippen molar-refractivity contribution in [1.29, 1.82) is 0 Å². The number of Topliss-reactive ketones (excluding diaryl/α,β-unsaturated/α-hetero) is 1. The molecule has 0 bridgehead atoms. The van der Waals surface area contributed by atoms with Gasteiger partial charge in [-0.1, -0.05) is 122 Å². The lowest BCUT2D eigenvalue weighted by Crippen LogP contribution is -2.40. The third-order valence-corrected chi connectivity index (χ3v) is 13.2. The van der Waals surface area contributed by atoms with E-state index in [4.69, 9.17) is 4.74 Å². The minimum absolute atomic E-state index is 0.0607. The standard InChI is InChI=1S/C55H58N4O8/c1-37(31-49(61)42-17-15-38(16-18-42)33-56-34-50(62)46-19-21-48(60)52-47(46)20-22-51(63)57-52)53(64)59-29-25-41(26-30-59)43-11-8-14-45(32-43)55(66,44-12-6-3-7-13-44)54(65)67-36-40-23-27-58(28-24-40)35-39-9-4-2-5-10-39/h2-22,25,32,37,40,50,56,60,62,66H,23-24,26-31,33-36H2,1H3,(H,57,63)/t37-,50+,55+/m1/s1. The van der Waals surface area contributed by atoms with E-state index >= 15 is 0 Å². The Labute approximate surface area is 390 Å². The number of carbonyl (C=O) groups excluding carboxylic acids is 3. The normalized spacial score (nSPS) is 16.5. The highest BCUT2D eigenvalue weighted by molar-refractivity contribution is 5.98. The van der Waals surface area contributed by atoms with Crippen molar-refractivity contribution in [1.82, 2.24) is 20.1 Å². The van der Waals surface area contributed by atoms with E-state index in [9.17, 15) is 34.5 Å². The topological polar surface area (TPSA) is 172 Å². The number of fused-ring (bicyclic) bond motifs is 1. The van der Waals surface area contributed by atoms with Crippen LogP contribution in [0.2, 0.25) is 0 Å². The minimum atomic E-state index is -2.03. The number of aromatic hydroxyl groups is 1. The summed E-state index contributed by atoms with van der Waals surface area (Å²) in [5.41, 5.74) is 3.84. The van der Waals surface area contributed by atoms with Gasteiger partial charge in [0.25, 0.3) is 0 Å². The van der Waals surface area contributed by atoms with Gasteiger partial charge in [0.2, 0.25) is 17.1 Å². The number of esters is 1. The molecule has 0 aliphatic carbocycles. The first-order chi connectivity index (χ1) is 32.5. The van der Waals surface area contributed by atoms with Crippen LogP contribution in [0, 0.1) is 11.8 Å². The van der Waals surface area contributed by atoms with Crippen LogP contribution in [-0.4, -0.2) is 87.1 Å². The number of amides is 1. The van der Waals surface area contributed by atoms with Crippen molar-refractivity contribution in [2.75, 3.05) is 39.3 Å². The van der Waals surface area contributed by atoms with Gasteiger partial charge in [0.05, 0.1) is 18.2 Å². The van der Waals surface area contributed by atoms with Gasteiger partial charge < -0.3 is 35.3 Å². The molecule has 1 saturated heterocycles. The predicted octanol–water partition coefficient (Wildman–Crippen LogP) is 7.27. The zero-order valence-electron chi connectivity index (χ0n) is 37.8. The molecule has 0 unspecified atom stereocenters. The Balaban J connectivity index is 0.830. The number of carbonyl (C=O) groups is 3.